The molecule has 1 heterocycles. The molecule has 0 amide bonds. The summed E-state index contributed by atoms with van der Waals surface area (Å²) in [5, 5.41) is 11.7. The zero-order valence-electron chi connectivity index (χ0n) is 11.0. The Kier molecular flexibility index (Phi) is 4.30. The first-order valence-corrected chi connectivity index (χ1v) is 5.96. The molecule has 102 valence electrons. The number of hydrogen-bond donors (Lipinski definition) is 1. The van der Waals surface area contributed by atoms with Crippen LogP contribution in [-0.2, 0) is 11.3 Å². The van der Waals surface area contributed by atoms with Gasteiger partial charge in [0.05, 0.1) is 12.7 Å². The van der Waals surface area contributed by atoms with Gasteiger partial charge in [-0.25, -0.2) is 4.68 Å². The topological polar surface area (TPSA) is 88.1 Å². The second-order valence-electron chi connectivity index (χ2n) is 4.00. The zero-order chi connectivity index (χ0) is 13.7. The average molecular weight is 263 g/mol. The fourth-order valence-electron chi connectivity index (χ4n) is 1.85. The predicted octanol–water partition coefficient (Wildman–Crippen LogP) is 0.967. The van der Waals surface area contributed by atoms with E-state index in [4.69, 9.17) is 15.2 Å². The lowest BCUT2D eigenvalue weighted by Crippen LogP contribution is -2.07. The van der Waals surface area contributed by atoms with Gasteiger partial charge >= 0.3 is 0 Å². The molecule has 0 aliphatic heterocycles. The Morgan fingerprint density at radius 1 is 1.32 bits per heavy atom. The highest BCUT2D eigenvalue weighted by atomic mass is 16.5. The van der Waals surface area contributed by atoms with Crippen LogP contribution in [0.5, 0.6) is 5.75 Å². The van der Waals surface area contributed by atoms with E-state index >= 15 is 0 Å². The van der Waals surface area contributed by atoms with E-state index in [2.05, 4.69) is 15.5 Å². The van der Waals surface area contributed by atoms with Crippen LogP contribution in [0.2, 0.25) is 0 Å². The van der Waals surface area contributed by atoms with Crippen molar-refractivity contribution in [2.45, 2.75) is 13.0 Å². The number of anilines is 1. The molecule has 0 spiro atoms. The predicted molar refractivity (Wildman–Crippen MR) is 70.7 cm³/mol. The molecule has 0 saturated carbocycles. The van der Waals surface area contributed by atoms with Gasteiger partial charge in [-0.05, 0) is 29.0 Å². The van der Waals surface area contributed by atoms with E-state index in [1.165, 1.54) is 0 Å². The Morgan fingerprint density at radius 3 is 2.89 bits per heavy atom. The lowest BCUT2D eigenvalue weighted by molar-refractivity contribution is 0.189. The van der Waals surface area contributed by atoms with E-state index < -0.39 is 0 Å². The normalized spacial score (nSPS) is 10.6. The summed E-state index contributed by atoms with van der Waals surface area (Å²) in [7, 11) is 3.26. The third-order valence-corrected chi connectivity index (χ3v) is 2.75. The SMILES string of the molecule is COCCCn1nnnc1-c1c(N)cccc1OC. The van der Waals surface area contributed by atoms with Crippen LogP contribution in [0.25, 0.3) is 11.4 Å². The highest BCUT2D eigenvalue weighted by Gasteiger charge is 2.16. The van der Waals surface area contributed by atoms with Gasteiger partial charge in [0.15, 0.2) is 5.82 Å². The molecule has 1 aromatic heterocycles. The number of benzene rings is 1. The van der Waals surface area contributed by atoms with Crippen LogP contribution in [0.1, 0.15) is 6.42 Å². The van der Waals surface area contributed by atoms with E-state index in [0.717, 1.165) is 6.42 Å². The minimum Gasteiger partial charge on any atom is -0.496 e. The first kappa shape index (κ1) is 13.3. The molecule has 0 aliphatic carbocycles. The quantitative estimate of drug-likeness (QED) is 0.617. The van der Waals surface area contributed by atoms with E-state index in [0.29, 0.717) is 36.0 Å². The maximum atomic E-state index is 6.00. The van der Waals surface area contributed by atoms with Crippen molar-refractivity contribution < 1.29 is 9.47 Å². The zero-order valence-corrected chi connectivity index (χ0v) is 11.0. The van der Waals surface area contributed by atoms with Crippen LogP contribution in [0.3, 0.4) is 0 Å². The minimum atomic E-state index is 0.585. The van der Waals surface area contributed by atoms with Crippen molar-refractivity contribution in [1.29, 1.82) is 0 Å². The fourth-order valence-corrected chi connectivity index (χ4v) is 1.85. The average Bonchev–Trinajstić information content (AvgIpc) is 2.87. The van der Waals surface area contributed by atoms with E-state index in [1.807, 2.05) is 12.1 Å². The number of nitrogens with zero attached hydrogens (tertiary/aromatic N) is 4. The molecule has 0 radical (unpaired) electrons. The van der Waals surface area contributed by atoms with Gasteiger partial charge < -0.3 is 15.2 Å². The van der Waals surface area contributed by atoms with Crippen LogP contribution in [0.15, 0.2) is 18.2 Å². The third kappa shape index (κ3) is 2.82. The smallest absolute Gasteiger partial charge is 0.187 e. The lowest BCUT2D eigenvalue weighted by Gasteiger charge is -2.10. The summed E-state index contributed by atoms with van der Waals surface area (Å²) in [5.74, 6) is 1.26. The van der Waals surface area contributed by atoms with Crippen molar-refractivity contribution >= 4 is 5.69 Å². The summed E-state index contributed by atoms with van der Waals surface area (Å²) < 4.78 is 12.0. The molecule has 2 aromatic rings. The number of methoxy groups -OCH3 is 2. The molecule has 0 atom stereocenters. The number of hydrogen-bond acceptors (Lipinski definition) is 6. The summed E-state index contributed by atoms with van der Waals surface area (Å²) in [6.45, 7) is 1.31. The lowest BCUT2D eigenvalue weighted by atomic mass is 10.1. The molecule has 0 bridgehead atoms. The Morgan fingerprint density at radius 2 is 2.16 bits per heavy atom. The van der Waals surface area contributed by atoms with Crippen LogP contribution in [0.4, 0.5) is 5.69 Å². The largest absolute Gasteiger partial charge is 0.496 e. The molecule has 1 aromatic carbocycles. The van der Waals surface area contributed by atoms with Crippen molar-refractivity contribution in [2.24, 2.45) is 0 Å². The van der Waals surface area contributed by atoms with Gasteiger partial charge in [-0.2, -0.15) is 0 Å². The molecule has 0 fully saturated rings. The molecule has 0 saturated heterocycles. The molecule has 2 N–H and O–H groups in total. The molecule has 0 aliphatic rings. The Bertz CT molecular complexity index is 541. The van der Waals surface area contributed by atoms with Crippen molar-refractivity contribution in [3.63, 3.8) is 0 Å². The molecule has 0 unspecified atom stereocenters. The summed E-state index contributed by atoms with van der Waals surface area (Å²) >= 11 is 0. The third-order valence-electron chi connectivity index (χ3n) is 2.75. The van der Waals surface area contributed by atoms with Gasteiger partial charge in [0.1, 0.15) is 5.75 Å². The van der Waals surface area contributed by atoms with Gasteiger partial charge in [-0.3, -0.25) is 0 Å². The van der Waals surface area contributed by atoms with Crippen molar-refractivity contribution in [1.82, 2.24) is 20.2 Å². The van der Waals surface area contributed by atoms with Crippen LogP contribution in [-0.4, -0.2) is 41.0 Å². The molecule has 19 heavy (non-hydrogen) atoms. The maximum Gasteiger partial charge on any atom is 0.187 e. The number of aromatic nitrogens is 4. The van der Waals surface area contributed by atoms with Gasteiger partial charge in [0.25, 0.3) is 0 Å². The van der Waals surface area contributed by atoms with Crippen LogP contribution in [0, 0.1) is 0 Å². The Hall–Kier alpha value is -2.15. The maximum absolute atomic E-state index is 6.00. The molecular formula is C12H17N5O2. The number of nitrogens with two attached hydrogens (primary N) is 1. The van der Waals surface area contributed by atoms with Crippen LogP contribution < -0.4 is 10.5 Å². The summed E-state index contributed by atoms with van der Waals surface area (Å²) in [4.78, 5) is 0. The number of tetrazole rings is 1. The fraction of sp³-hybridized carbons (Fsp3) is 0.417. The minimum absolute atomic E-state index is 0.585. The van der Waals surface area contributed by atoms with Gasteiger partial charge in [-0.1, -0.05) is 6.07 Å². The summed E-state index contributed by atoms with van der Waals surface area (Å²) in [6.07, 6.45) is 0.823. The molecule has 7 heteroatoms. The van der Waals surface area contributed by atoms with Crippen molar-refractivity contribution in [2.75, 3.05) is 26.6 Å². The second-order valence-corrected chi connectivity index (χ2v) is 4.00. The number of aryl methyl sites for hydroxylation is 1. The standard InChI is InChI=1S/C12H17N5O2/c1-18-8-4-7-17-12(14-15-16-17)11-9(13)5-3-6-10(11)19-2/h3,5-6H,4,7-8,13H2,1-2H3. The van der Waals surface area contributed by atoms with Crippen molar-refractivity contribution in [3.05, 3.63) is 18.2 Å². The Balaban J connectivity index is 2.34. The summed E-state index contributed by atoms with van der Waals surface area (Å²) in [6, 6.07) is 5.46. The second kappa shape index (κ2) is 6.14. The number of nitrogen functional groups attached to an aromatic ring is 1. The van der Waals surface area contributed by atoms with Gasteiger partial charge in [0, 0.05) is 25.9 Å². The molecule has 7 nitrogen and oxygen atoms in total. The van der Waals surface area contributed by atoms with Crippen LogP contribution >= 0.6 is 0 Å². The molecule has 2 rings (SSSR count). The van der Waals surface area contributed by atoms with Gasteiger partial charge in [-0.15, -0.1) is 5.10 Å². The van der Waals surface area contributed by atoms with Crippen molar-refractivity contribution in [3.8, 4) is 17.1 Å². The monoisotopic (exact) mass is 263 g/mol. The first-order chi connectivity index (χ1) is 9.27. The van der Waals surface area contributed by atoms with E-state index in [-0.39, 0.29) is 0 Å². The number of rotatable bonds is 6. The highest BCUT2D eigenvalue weighted by molar-refractivity contribution is 5.77. The Labute approximate surface area is 111 Å². The van der Waals surface area contributed by atoms with Gasteiger partial charge in [0.2, 0.25) is 0 Å². The first-order valence-electron chi connectivity index (χ1n) is 5.96. The summed E-state index contributed by atoms with van der Waals surface area (Å²) in [5.41, 5.74) is 7.30. The number of ether oxygens (including phenoxy) is 2. The molecular weight excluding hydrogens is 246 g/mol. The van der Waals surface area contributed by atoms with E-state index in [1.54, 1.807) is 25.0 Å². The van der Waals surface area contributed by atoms with E-state index in [9.17, 15) is 0 Å². The highest BCUT2D eigenvalue weighted by Crippen LogP contribution is 2.33.